The van der Waals surface area contributed by atoms with Crippen LogP contribution in [0.15, 0.2) is 0 Å². The van der Waals surface area contributed by atoms with Gasteiger partial charge in [-0.1, -0.05) is 6.92 Å². The molecule has 0 aliphatic carbocycles. The molecular weight excluding hydrogens is 131 g/mol. The zero-order chi connectivity index (χ0) is 7.72. The molecule has 1 rings (SSSR count). The summed E-state index contributed by atoms with van der Waals surface area (Å²) in [6.07, 6.45) is -1.12. The fraction of sp³-hybridized carbons (Fsp3) is 1.00. The summed E-state index contributed by atoms with van der Waals surface area (Å²) in [6.45, 7) is 1.63. The van der Waals surface area contributed by atoms with Crippen molar-refractivity contribution in [2.45, 2.75) is 25.1 Å². The van der Waals surface area contributed by atoms with Gasteiger partial charge in [-0.3, -0.25) is 0 Å². The van der Waals surface area contributed by atoms with Crippen molar-refractivity contribution in [3.63, 3.8) is 0 Å². The fourth-order valence-electron chi connectivity index (χ4n) is 1.09. The first-order chi connectivity index (χ1) is 4.66. The van der Waals surface area contributed by atoms with E-state index in [1.54, 1.807) is 6.92 Å². The monoisotopic (exact) mass is 142 g/mol. The lowest BCUT2D eigenvalue weighted by atomic mass is 9.86. The Bertz CT molecular complexity index is 120. The summed E-state index contributed by atoms with van der Waals surface area (Å²) < 4.78 is 5.01. The average molecular weight is 142 g/mol. The third kappa shape index (κ3) is 1.19. The van der Waals surface area contributed by atoms with Crippen LogP contribution in [0.5, 0.6) is 0 Å². The van der Waals surface area contributed by atoms with E-state index in [0.29, 0.717) is 0 Å². The summed E-state index contributed by atoms with van der Waals surface area (Å²) in [5, 5.41) is 17.9. The second-order valence-electron chi connectivity index (χ2n) is 2.67. The number of ether oxygens (including phenoxy) is 1. The van der Waals surface area contributed by atoms with Gasteiger partial charge in [-0.25, -0.2) is 0 Å². The third-order valence-corrected chi connectivity index (χ3v) is 1.95. The minimum absolute atomic E-state index is 0.0860. The van der Waals surface area contributed by atoms with Crippen LogP contribution in [0, 0.1) is 5.92 Å². The zero-order valence-electron chi connectivity index (χ0n) is 5.90. The van der Waals surface area contributed by atoms with E-state index in [1.807, 2.05) is 0 Å². The Morgan fingerprint density at radius 2 is 2.20 bits per heavy atom. The van der Waals surface area contributed by atoms with Crippen molar-refractivity contribution in [1.29, 1.82) is 0 Å². The molecule has 0 aromatic heterocycles. The van der Waals surface area contributed by atoms with Gasteiger partial charge in [0.05, 0.1) is 12.7 Å². The van der Waals surface area contributed by atoms with Gasteiger partial charge < -0.3 is 14.9 Å². The quantitative estimate of drug-likeness (QED) is 0.455. The van der Waals surface area contributed by atoms with Crippen molar-refractivity contribution in [2.75, 3.05) is 6.61 Å². The molecule has 1 aliphatic rings. The maximum Gasteiger partial charge on any atom is 0.109 e. The van der Waals surface area contributed by atoms with Gasteiger partial charge in [0.1, 0.15) is 14.0 Å². The zero-order valence-corrected chi connectivity index (χ0v) is 5.90. The highest BCUT2D eigenvalue weighted by atomic mass is 16.5. The van der Waals surface area contributed by atoms with Gasteiger partial charge in [0.2, 0.25) is 0 Å². The molecule has 1 heterocycles. The predicted molar refractivity (Wildman–Crippen MR) is 36.7 cm³/mol. The molecule has 0 bridgehead atoms. The van der Waals surface area contributed by atoms with E-state index in [0.717, 1.165) is 0 Å². The Labute approximate surface area is 61.4 Å². The Kier molecular flexibility index (Phi) is 2.34. The van der Waals surface area contributed by atoms with Crippen LogP contribution in [0.2, 0.25) is 0 Å². The van der Waals surface area contributed by atoms with Gasteiger partial charge in [-0.15, -0.1) is 0 Å². The largest absolute Gasteiger partial charge is 0.394 e. The van der Waals surface area contributed by atoms with Crippen LogP contribution in [-0.4, -0.2) is 42.9 Å². The molecule has 56 valence electrons. The van der Waals surface area contributed by atoms with Crippen LogP contribution >= 0.6 is 0 Å². The van der Waals surface area contributed by atoms with Crippen LogP contribution in [-0.2, 0) is 4.74 Å². The first kappa shape index (κ1) is 8.05. The molecule has 4 heteroatoms. The molecule has 3 nitrogen and oxygen atoms in total. The summed E-state index contributed by atoms with van der Waals surface area (Å²) in [6, 6.07) is -0.438. The first-order valence-electron chi connectivity index (χ1n) is 3.36. The smallest absolute Gasteiger partial charge is 0.109 e. The number of aliphatic hydroxyl groups is 2. The lowest BCUT2D eigenvalue weighted by Crippen LogP contribution is -2.28. The molecule has 1 aliphatic heterocycles. The Morgan fingerprint density at radius 1 is 1.60 bits per heavy atom. The van der Waals surface area contributed by atoms with Crippen LogP contribution in [0.4, 0.5) is 0 Å². The van der Waals surface area contributed by atoms with Crippen LogP contribution in [0.1, 0.15) is 6.92 Å². The Hall–Kier alpha value is -0.0551. The molecule has 1 unspecified atom stereocenters. The van der Waals surface area contributed by atoms with Gasteiger partial charge in [0.25, 0.3) is 0 Å². The van der Waals surface area contributed by atoms with Gasteiger partial charge in [-0.05, 0) is 0 Å². The lowest BCUT2D eigenvalue weighted by Gasteiger charge is -2.11. The molecule has 2 N–H and O–H groups in total. The highest BCUT2D eigenvalue weighted by molar-refractivity contribution is 6.11. The molecule has 2 radical (unpaired) electrons. The molecule has 0 saturated carbocycles. The first-order valence-corrected chi connectivity index (χ1v) is 3.36. The van der Waals surface area contributed by atoms with Crippen molar-refractivity contribution in [3.8, 4) is 0 Å². The molecule has 1 saturated heterocycles. The van der Waals surface area contributed by atoms with Gasteiger partial charge in [0.15, 0.2) is 0 Å². The SMILES string of the molecule is [B][C@@H]1O[C@H](CO)C(O)[C@@H]1C. The molecule has 4 atom stereocenters. The predicted octanol–water partition coefficient (Wildman–Crippen LogP) is -1.13. The van der Waals surface area contributed by atoms with E-state index >= 15 is 0 Å². The molecule has 10 heavy (non-hydrogen) atoms. The summed E-state index contributed by atoms with van der Waals surface area (Å²) in [7, 11) is 5.44. The second kappa shape index (κ2) is 2.90. The average Bonchev–Trinajstić information content (AvgIpc) is 2.17. The summed E-state index contributed by atoms with van der Waals surface area (Å²) >= 11 is 0. The van der Waals surface area contributed by atoms with Gasteiger partial charge in [-0.2, -0.15) is 0 Å². The van der Waals surface area contributed by atoms with Crippen molar-refractivity contribution < 1.29 is 14.9 Å². The summed E-state index contributed by atoms with van der Waals surface area (Å²) in [5.41, 5.74) is 0. The maximum atomic E-state index is 9.26. The number of hydrogen-bond acceptors (Lipinski definition) is 3. The maximum absolute atomic E-state index is 9.26. The number of hydrogen-bond donors (Lipinski definition) is 2. The standard InChI is InChI=1S/C6H11BO3/c1-3-5(9)4(2-8)10-6(3)7/h3-6,8-9H,2H2,1H3/t3-,4+,5?,6+/m0/s1. The minimum Gasteiger partial charge on any atom is -0.394 e. The molecule has 0 amide bonds. The van der Waals surface area contributed by atoms with Gasteiger partial charge in [0, 0.05) is 11.9 Å². The van der Waals surface area contributed by atoms with E-state index in [2.05, 4.69) is 0 Å². The highest BCUT2D eigenvalue weighted by Gasteiger charge is 2.36. The van der Waals surface area contributed by atoms with E-state index in [9.17, 15) is 5.11 Å². The Morgan fingerprint density at radius 3 is 2.40 bits per heavy atom. The normalized spacial score (nSPS) is 47.9. The molecule has 1 fully saturated rings. The second-order valence-corrected chi connectivity index (χ2v) is 2.67. The van der Waals surface area contributed by atoms with Crippen molar-refractivity contribution in [3.05, 3.63) is 0 Å². The lowest BCUT2D eigenvalue weighted by molar-refractivity contribution is -0.00490. The summed E-state index contributed by atoms with van der Waals surface area (Å²) in [4.78, 5) is 0. The van der Waals surface area contributed by atoms with Gasteiger partial charge >= 0.3 is 0 Å². The van der Waals surface area contributed by atoms with E-state index in [-0.39, 0.29) is 12.5 Å². The minimum atomic E-state index is -0.625. The van der Waals surface area contributed by atoms with E-state index in [4.69, 9.17) is 17.7 Å². The number of aliphatic hydroxyl groups excluding tert-OH is 2. The van der Waals surface area contributed by atoms with E-state index in [1.165, 1.54) is 0 Å². The molecular formula is C6H11BO3. The van der Waals surface area contributed by atoms with Crippen LogP contribution in [0.25, 0.3) is 0 Å². The fourth-order valence-corrected chi connectivity index (χ4v) is 1.09. The van der Waals surface area contributed by atoms with Crippen LogP contribution < -0.4 is 0 Å². The van der Waals surface area contributed by atoms with Crippen molar-refractivity contribution in [2.24, 2.45) is 5.92 Å². The van der Waals surface area contributed by atoms with E-state index < -0.39 is 18.2 Å². The molecule has 0 aromatic carbocycles. The Balaban J connectivity index is 2.53. The van der Waals surface area contributed by atoms with Crippen molar-refractivity contribution in [1.82, 2.24) is 0 Å². The molecule has 0 spiro atoms. The molecule has 0 aromatic rings. The highest BCUT2D eigenvalue weighted by Crippen LogP contribution is 2.23. The van der Waals surface area contributed by atoms with Crippen LogP contribution in [0.3, 0.4) is 0 Å². The summed E-state index contributed by atoms with van der Waals surface area (Å²) in [5.74, 6) is -0.0860. The third-order valence-electron chi connectivity index (χ3n) is 1.95. The van der Waals surface area contributed by atoms with Crippen molar-refractivity contribution >= 4 is 7.85 Å². The number of rotatable bonds is 1. The topological polar surface area (TPSA) is 49.7 Å².